The number of nitrogens with one attached hydrogen (secondary N) is 1. The summed E-state index contributed by atoms with van der Waals surface area (Å²) in [7, 11) is 1.50. The molecule has 0 aliphatic carbocycles. The summed E-state index contributed by atoms with van der Waals surface area (Å²) in [5, 5.41) is 18.7. The van der Waals surface area contributed by atoms with Gasteiger partial charge in [-0.05, 0) is 24.1 Å². The molecular formula is C19H20N4O3. The molecule has 0 amide bonds. The molecule has 134 valence electrons. The van der Waals surface area contributed by atoms with Crippen molar-refractivity contribution in [2.24, 2.45) is 0 Å². The molecule has 0 spiro atoms. The number of hydrogen-bond donors (Lipinski definition) is 2. The van der Waals surface area contributed by atoms with E-state index in [1.54, 1.807) is 18.2 Å². The second kappa shape index (κ2) is 8.59. The molecule has 0 aliphatic heterocycles. The predicted octanol–water partition coefficient (Wildman–Crippen LogP) is 2.95. The quantitative estimate of drug-likeness (QED) is 0.738. The summed E-state index contributed by atoms with van der Waals surface area (Å²) in [5.41, 5.74) is 5.64. The van der Waals surface area contributed by atoms with Crippen LogP contribution in [0, 0.1) is 22.7 Å². The molecule has 0 atom stereocenters. The Morgan fingerprint density at radius 1 is 1.15 bits per heavy atom. The molecule has 1 heterocycles. The Morgan fingerprint density at radius 2 is 1.88 bits per heavy atom. The Balaban J connectivity index is 2.52. The van der Waals surface area contributed by atoms with Crippen molar-refractivity contribution in [2.45, 2.75) is 26.2 Å². The lowest BCUT2D eigenvalue weighted by atomic mass is 9.96. The van der Waals surface area contributed by atoms with Crippen molar-refractivity contribution in [2.75, 3.05) is 19.5 Å². The number of nitrogens with two attached hydrogens (primary N) is 1. The van der Waals surface area contributed by atoms with Crippen molar-refractivity contribution in [3.05, 3.63) is 39.7 Å². The SMILES string of the molecule is CCCCCOc1ccc(-c2c(C#N)c(N)[nH]c(=O)c2C#N)cc1OC. The lowest BCUT2D eigenvalue weighted by Crippen LogP contribution is -2.16. The number of aromatic amines is 1. The molecule has 0 fully saturated rings. The van der Waals surface area contributed by atoms with Gasteiger partial charge >= 0.3 is 0 Å². The molecule has 0 radical (unpaired) electrons. The number of nitrogens with zero attached hydrogens (tertiary/aromatic N) is 2. The van der Waals surface area contributed by atoms with Gasteiger partial charge in [0.05, 0.1) is 13.7 Å². The first kappa shape index (κ1) is 18.9. The zero-order chi connectivity index (χ0) is 19.1. The first-order chi connectivity index (χ1) is 12.6. The van der Waals surface area contributed by atoms with Crippen LogP contribution in [0.1, 0.15) is 37.3 Å². The fourth-order valence-electron chi connectivity index (χ4n) is 2.61. The molecule has 0 aliphatic rings. The van der Waals surface area contributed by atoms with Crippen LogP contribution in [-0.4, -0.2) is 18.7 Å². The van der Waals surface area contributed by atoms with E-state index in [2.05, 4.69) is 11.9 Å². The molecule has 0 unspecified atom stereocenters. The van der Waals surface area contributed by atoms with Crippen LogP contribution in [0.25, 0.3) is 11.1 Å². The van der Waals surface area contributed by atoms with Crippen LogP contribution >= 0.6 is 0 Å². The third kappa shape index (κ3) is 3.79. The maximum atomic E-state index is 12.0. The molecular weight excluding hydrogens is 332 g/mol. The van der Waals surface area contributed by atoms with Crippen molar-refractivity contribution < 1.29 is 9.47 Å². The number of nitriles is 2. The summed E-state index contributed by atoms with van der Waals surface area (Å²) in [4.78, 5) is 14.4. The average Bonchev–Trinajstić information content (AvgIpc) is 2.64. The van der Waals surface area contributed by atoms with E-state index >= 15 is 0 Å². The molecule has 1 aromatic carbocycles. The van der Waals surface area contributed by atoms with Crippen LogP contribution in [0.15, 0.2) is 23.0 Å². The molecule has 2 aromatic rings. The largest absolute Gasteiger partial charge is 0.493 e. The molecule has 0 bridgehead atoms. The number of ether oxygens (including phenoxy) is 2. The number of hydrogen-bond acceptors (Lipinski definition) is 6. The number of unbranched alkanes of at least 4 members (excludes halogenated alkanes) is 2. The number of anilines is 1. The van der Waals surface area contributed by atoms with Gasteiger partial charge in [0, 0.05) is 5.56 Å². The number of benzene rings is 1. The number of methoxy groups -OCH3 is 1. The smallest absolute Gasteiger partial charge is 0.268 e. The van der Waals surface area contributed by atoms with E-state index < -0.39 is 5.56 Å². The van der Waals surface area contributed by atoms with E-state index in [1.165, 1.54) is 7.11 Å². The molecule has 3 N–H and O–H groups in total. The summed E-state index contributed by atoms with van der Waals surface area (Å²) in [6, 6.07) is 8.79. The Morgan fingerprint density at radius 3 is 2.50 bits per heavy atom. The number of rotatable bonds is 7. The van der Waals surface area contributed by atoms with Crippen molar-refractivity contribution >= 4 is 5.82 Å². The van der Waals surface area contributed by atoms with Gasteiger partial charge in [0.15, 0.2) is 11.5 Å². The van der Waals surface area contributed by atoms with E-state index in [0.29, 0.717) is 23.7 Å². The maximum absolute atomic E-state index is 12.0. The lowest BCUT2D eigenvalue weighted by molar-refractivity contribution is 0.286. The molecule has 1 aromatic heterocycles. The zero-order valence-electron chi connectivity index (χ0n) is 14.8. The van der Waals surface area contributed by atoms with Crippen LogP contribution in [0.2, 0.25) is 0 Å². The fourth-order valence-corrected chi connectivity index (χ4v) is 2.61. The second-order valence-electron chi connectivity index (χ2n) is 5.64. The third-order valence-electron chi connectivity index (χ3n) is 3.93. The number of pyridine rings is 1. The average molecular weight is 352 g/mol. The highest BCUT2D eigenvalue weighted by atomic mass is 16.5. The number of H-pyrrole nitrogens is 1. The van der Waals surface area contributed by atoms with E-state index in [-0.39, 0.29) is 22.5 Å². The monoisotopic (exact) mass is 352 g/mol. The van der Waals surface area contributed by atoms with Crippen LogP contribution in [0.5, 0.6) is 11.5 Å². The highest BCUT2D eigenvalue weighted by Crippen LogP contribution is 2.35. The van der Waals surface area contributed by atoms with Gasteiger partial charge in [-0.25, -0.2) is 0 Å². The minimum atomic E-state index is -0.641. The van der Waals surface area contributed by atoms with Gasteiger partial charge in [-0.2, -0.15) is 10.5 Å². The molecule has 7 heteroatoms. The highest BCUT2D eigenvalue weighted by molar-refractivity contribution is 5.81. The Bertz CT molecular complexity index is 936. The standard InChI is InChI=1S/C19H20N4O3/c1-3-4-5-8-26-15-7-6-12(9-16(15)25-2)17-13(10-20)18(22)23-19(24)14(17)11-21/h6-7,9H,3-5,8H2,1-2H3,(H3,22,23,24). The first-order valence-corrected chi connectivity index (χ1v) is 8.24. The van der Waals surface area contributed by atoms with Gasteiger partial charge in [-0.1, -0.05) is 25.8 Å². The summed E-state index contributed by atoms with van der Waals surface area (Å²) in [6.07, 6.45) is 3.10. The normalized spacial score (nSPS) is 10.0. The van der Waals surface area contributed by atoms with Crippen molar-refractivity contribution in [3.8, 4) is 34.8 Å². The van der Waals surface area contributed by atoms with Crippen LogP contribution < -0.4 is 20.8 Å². The van der Waals surface area contributed by atoms with Gasteiger partial charge < -0.3 is 20.2 Å². The minimum Gasteiger partial charge on any atom is -0.493 e. The molecule has 7 nitrogen and oxygen atoms in total. The van der Waals surface area contributed by atoms with E-state index in [0.717, 1.165) is 19.3 Å². The van der Waals surface area contributed by atoms with Gasteiger partial charge in [0.2, 0.25) is 0 Å². The van der Waals surface area contributed by atoms with E-state index in [4.69, 9.17) is 15.2 Å². The molecule has 2 rings (SSSR count). The highest BCUT2D eigenvalue weighted by Gasteiger charge is 2.19. The fraction of sp³-hybridized carbons (Fsp3) is 0.316. The topological polar surface area (TPSA) is 125 Å². The van der Waals surface area contributed by atoms with Crippen molar-refractivity contribution in [1.82, 2.24) is 4.98 Å². The summed E-state index contributed by atoms with van der Waals surface area (Å²) < 4.78 is 11.1. The van der Waals surface area contributed by atoms with Crippen LogP contribution in [0.4, 0.5) is 5.82 Å². The van der Waals surface area contributed by atoms with Crippen molar-refractivity contribution in [3.63, 3.8) is 0 Å². The van der Waals surface area contributed by atoms with E-state index in [1.807, 2.05) is 12.1 Å². The van der Waals surface area contributed by atoms with E-state index in [9.17, 15) is 15.3 Å². The molecule has 26 heavy (non-hydrogen) atoms. The maximum Gasteiger partial charge on any atom is 0.268 e. The van der Waals surface area contributed by atoms with Gasteiger partial charge in [0.1, 0.15) is 29.1 Å². The Hall–Kier alpha value is -3.45. The van der Waals surface area contributed by atoms with Crippen LogP contribution in [-0.2, 0) is 0 Å². The Kier molecular flexibility index (Phi) is 6.24. The predicted molar refractivity (Wildman–Crippen MR) is 97.9 cm³/mol. The zero-order valence-corrected chi connectivity index (χ0v) is 14.8. The van der Waals surface area contributed by atoms with Gasteiger partial charge in [0.25, 0.3) is 5.56 Å². The first-order valence-electron chi connectivity index (χ1n) is 8.24. The minimum absolute atomic E-state index is 0.0415. The molecule has 0 saturated carbocycles. The molecule has 0 saturated heterocycles. The number of nitrogen functional groups attached to an aromatic ring is 1. The third-order valence-corrected chi connectivity index (χ3v) is 3.93. The van der Waals surface area contributed by atoms with Gasteiger partial charge in [-0.15, -0.1) is 0 Å². The summed E-state index contributed by atoms with van der Waals surface area (Å²) in [5.74, 6) is 0.929. The van der Waals surface area contributed by atoms with Crippen LogP contribution in [0.3, 0.4) is 0 Å². The number of aromatic nitrogens is 1. The van der Waals surface area contributed by atoms with Crippen molar-refractivity contribution in [1.29, 1.82) is 10.5 Å². The summed E-state index contributed by atoms with van der Waals surface area (Å²) in [6.45, 7) is 2.68. The second-order valence-corrected chi connectivity index (χ2v) is 5.64. The Labute approximate surface area is 151 Å². The van der Waals surface area contributed by atoms with Gasteiger partial charge in [-0.3, -0.25) is 4.79 Å². The summed E-state index contributed by atoms with van der Waals surface area (Å²) >= 11 is 0. The lowest BCUT2D eigenvalue weighted by Gasteiger charge is -2.14.